The van der Waals surface area contributed by atoms with Gasteiger partial charge >= 0.3 is 0 Å². The molecule has 1 aliphatic carbocycles. The minimum absolute atomic E-state index is 0.0361. The van der Waals surface area contributed by atoms with Crippen molar-refractivity contribution in [3.63, 3.8) is 0 Å². The lowest BCUT2D eigenvalue weighted by Gasteiger charge is -2.40. The SMILES string of the molecule is CCC(C)N1CCC(N2CCCN(C(NC(=O)c3ccccn3)C3CC3)CC2)CC1. The topological polar surface area (TPSA) is 51.7 Å². The second kappa shape index (κ2) is 10.2. The molecule has 0 radical (unpaired) electrons. The highest BCUT2D eigenvalue weighted by Crippen LogP contribution is 2.35. The maximum Gasteiger partial charge on any atom is 0.271 e. The number of nitrogens with zero attached hydrogens (tertiary/aromatic N) is 4. The van der Waals surface area contributed by atoms with Crippen LogP contribution in [0.2, 0.25) is 0 Å². The van der Waals surface area contributed by atoms with Gasteiger partial charge < -0.3 is 10.2 Å². The first-order valence-corrected chi connectivity index (χ1v) is 12.1. The monoisotopic (exact) mass is 413 g/mol. The van der Waals surface area contributed by atoms with Gasteiger partial charge in [-0.15, -0.1) is 0 Å². The average molecular weight is 414 g/mol. The van der Waals surface area contributed by atoms with Gasteiger partial charge in [-0.25, -0.2) is 0 Å². The van der Waals surface area contributed by atoms with Gasteiger partial charge in [0, 0.05) is 37.9 Å². The third kappa shape index (κ3) is 5.40. The van der Waals surface area contributed by atoms with Gasteiger partial charge in [0.15, 0.2) is 0 Å². The fraction of sp³-hybridized carbons (Fsp3) is 0.750. The molecule has 6 nitrogen and oxygen atoms in total. The van der Waals surface area contributed by atoms with Crippen LogP contribution in [0.5, 0.6) is 0 Å². The van der Waals surface area contributed by atoms with E-state index in [1.807, 2.05) is 12.1 Å². The molecule has 0 spiro atoms. The molecule has 1 saturated carbocycles. The predicted molar refractivity (Wildman–Crippen MR) is 120 cm³/mol. The normalized spacial score (nSPS) is 24.9. The first-order chi connectivity index (χ1) is 14.7. The lowest BCUT2D eigenvalue weighted by molar-refractivity contribution is 0.0768. The van der Waals surface area contributed by atoms with Crippen LogP contribution >= 0.6 is 0 Å². The summed E-state index contributed by atoms with van der Waals surface area (Å²) in [5, 5.41) is 3.31. The van der Waals surface area contributed by atoms with Gasteiger partial charge in [-0.1, -0.05) is 13.0 Å². The molecule has 2 atom stereocenters. The Hall–Kier alpha value is -1.50. The Morgan fingerprint density at radius 1 is 1.07 bits per heavy atom. The number of aromatic nitrogens is 1. The number of likely N-dealkylation sites (tertiary alicyclic amines) is 1. The van der Waals surface area contributed by atoms with Gasteiger partial charge in [0.2, 0.25) is 0 Å². The maximum absolute atomic E-state index is 12.7. The smallest absolute Gasteiger partial charge is 0.271 e. The van der Waals surface area contributed by atoms with Gasteiger partial charge in [-0.2, -0.15) is 0 Å². The van der Waals surface area contributed by atoms with Crippen LogP contribution in [0.4, 0.5) is 0 Å². The van der Waals surface area contributed by atoms with Crippen LogP contribution in [0.3, 0.4) is 0 Å². The number of carbonyl (C=O) groups excluding carboxylic acids is 1. The molecule has 1 aromatic rings. The van der Waals surface area contributed by atoms with E-state index >= 15 is 0 Å². The lowest BCUT2D eigenvalue weighted by Crippen LogP contribution is -2.52. The molecule has 4 rings (SSSR count). The van der Waals surface area contributed by atoms with E-state index in [4.69, 9.17) is 0 Å². The fourth-order valence-corrected chi connectivity index (χ4v) is 5.18. The summed E-state index contributed by atoms with van der Waals surface area (Å²) >= 11 is 0. The van der Waals surface area contributed by atoms with Crippen LogP contribution in [0.25, 0.3) is 0 Å². The molecule has 166 valence electrons. The molecule has 6 heteroatoms. The first-order valence-electron chi connectivity index (χ1n) is 12.1. The van der Waals surface area contributed by atoms with Gasteiger partial charge in [0.25, 0.3) is 5.91 Å². The van der Waals surface area contributed by atoms with Crippen LogP contribution in [-0.2, 0) is 0 Å². The molecule has 2 aliphatic heterocycles. The molecule has 30 heavy (non-hydrogen) atoms. The molecule has 3 aliphatic rings. The zero-order chi connectivity index (χ0) is 20.9. The predicted octanol–water partition coefficient (Wildman–Crippen LogP) is 2.82. The minimum Gasteiger partial charge on any atom is -0.335 e. The quantitative estimate of drug-likeness (QED) is 0.745. The summed E-state index contributed by atoms with van der Waals surface area (Å²) in [4.78, 5) is 24.9. The maximum atomic E-state index is 12.7. The molecular weight excluding hydrogens is 374 g/mol. The van der Waals surface area contributed by atoms with Crippen LogP contribution in [0.1, 0.15) is 62.9 Å². The molecular formula is C24H39N5O. The second-order valence-corrected chi connectivity index (χ2v) is 9.42. The van der Waals surface area contributed by atoms with E-state index in [-0.39, 0.29) is 12.1 Å². The Morgan fingerprint density at radius 3 is 2.53 bits per heavy atom. The van der Waals surface area contributed by atoms with E-state index in [0.29, 0.717) is 17.7 Å². The number of nitrogens with one attached hydrogen (secondary N) is 1. The van der Waals surface area contributed by atoms with Crippen molar-refractivity contribution in [2.45, 2.75) is 70.6 Å². The van der Waals surface area contributed by atoms with Crippen molar-refractivity contribution in [3.05, 3.63) is 30.1 Å². The summed E-state index contributed by atoms with van der Waals surface area (Å²) in [6.07, 6.45) is 9.33. The molecule has 1 aromatic heterocycles. The Bertz CT molecular complexity index is 671. The highest BCUT2D eigenvalue weighted by molar-refractivity contribution is 5.92. The molecule has 1 amide bonds. The molecule has 3 fully saturated rings. The fourth-order valence-electron chi connectivity index (χ4n) is 5.18. The molecule has 1 N–H and O–H groups in total. The van der Waals surface area contributed by atoms with E-state index < -0.39 is 0 Å². The van der Waals surface area contributed by atoms with E-state index in [1.165, 1.54) is 58.2 Å². The number of hydrogen-bond donors (Lipinski definition) is 1. The van der Waals surface area contributed by atoms with E-state index in [2.05, 4.69) is 38.8 Å². The Balaban J connectivity index is 1.31. The van der Waals surface area contributed by atoms with Gasteiger partial charge in [0.1, 0.15) is 5.69 Å². The van der Waals surface area contributed by atoms with Gasteiger partial charge in [-0.3, -0.25) is 19.6 Å². The summed E-state index contributed by atoms with van der Waals surface area (Å²) in [5.41, 5.74) is 0.521. The molecule has 0 bridgehead atoms. The zero-order valence-electron chi connectivity index (χ0n) is 18.8. The largest absolute Gasteiger partial charge is 0.335 e. The lowest BCUT2D eigenvalue weighted by atomic mass is 10.0. The van der Waals surface area contributed by atoms with Crippen LogP contribution in [-0.4, -0.2) is 83.1 Å². The summed E-state index contributed by atoms with van der Waals surface area (Å²) in [7, 11) is 0. The van der Waals surface area contributed by atoms with Crippen molar-refractivity contribution in [1.29, 1.82) is 0 Å². The van der Waals surface area contributed by atoms with Crippen LogP contribution in [0, 0.1) is 5.92 Å². The summed E-state index contributed by atoms with van der Waals surface area (Å²) < 4.78 is 0. The number of piperidine rings is 1. The number of rotatable bonds is 7. The summed E-state index contributed by atoms with van der Waals surface area (Å²) in [6, 6.07) is 6.98. The van der Waals surface area contributed by atoms with E-state index in [0.717, 1.165) is 25.7 Å². The van der Waals surface area contributed by atoms with Crippen LogP contribution in [0.15, 0.2) is 24.4 Å². The highest BCUT2D eigenvalue weighted by Gasteiger charge is 2.38. The summed E-state index contributed by atoms with van der Waals surface area (Å²) in [5.74, 6) is 0.564. The van der Waals surface area contributed by atoms with Crippen LogP contribution < -0.4 is 5.32 Å². The minimum atomic E-state index is -0.0361. The number of carbonyl (C=O) groups is 1. The second-order valence-electron chi connectivity index (χ2n) is 9.42. The van der Waals surface area contributed by atoms with Crippen molar-refractivity contribution >= 4 is 5.91 Å². The first kappa shape index (κ1) is 21.7. The van der Waals surface area contributed by atoms with Crippen molar-refractivity contribution in [2.24, 2.45) is 5.92 Å². The number of amides is 1. The Kier molecular flexibility index (Phi) is 7.39. The van der Waals surface area contributed by atoms with Crippen molar-refractivity contribution in [2.75, 3.05) is 39.3 Å². The third-order valence-electron chi connectivity index (χ3n) is 7.43. The molecule has 0 aromatic carbocycles. The molecule has 2 unspecified atom stereocenters. The Labute approximate surface area is 182 Å². The third-order valence-corrected chi connectivity index (χ3v) is 7.43. The van der Waals surface area contributed by atoms with Crippen molar-refractivity contribution in [3.8, 4) is 0 Å². The van der Waals surface area contributed by atoms with E-state index in [9.17, 15) is 4.79 Å². The highest BCUT2D eigenvalue weighted by atomic mass is 16.2. The Morgan fingerprint density at radius 2 is 1.87 bits per heavy atom. The number of pyridine rings is 1. The standard InChI is InChI=1S/C24H39N5O/c1-3-19(2)27-15-10-21(11-16-27)28-13-6-14-29(18-17-28)23(20-8-9-20)26-24(30)22-7-4-5-12-25-22/h4-5,7,12,19-21,23H,3,6,8-11,13-18H2,1-2H3,(H,26,30). The van der Waals surface area contributed by atoms with E-state index in [1.54, 1.807) is 12.3 Å². The van der Waals surface area contributed by atoms with Gasteiger partial charge in [0.05, 0.1) is 6.17 Å². The average Bonchev–Trinajstić information content (AvgIpc) is 3.65. The van der Waals surface area contributed by atoms with Crippen molar-refractivity contribution < 1.29 is 4.79 Å². The zero-order valence-corrected chi connectivity index (χ0v) is 18.8. The van der Waals surface area contributed by atoms with Gasteiger partial charge in [-0.05, 0) is 83.1 Å². The molecule has 2 saturated heterocycles. The van der Waals surface area contributed by atoms with Crippen molar-refractivity contribution in [1.82, 2.24) is 25.0 Å². The summed E-state index contributed by atoms with van der Waals surface area (Å²) in [6.45, 7) is 11.6. The number of hydrogen-bond acceptors (Lipinski definition) is 5. The molecule has 3 heterocycles.